The van der Waals surface area contributed by atoms with Gasteiger partial charge in [0.1, 0.15) is 23.0 Å². The highest BCUT2D eigenvalue weighted by Gasteiger charge is 1.99. The van der Waals surface area contributed by atoms with Gasteiger partial charge < -0.3 is 19.5 Å². The Morgan fingerprint density at radius 3 is 1.52 bits per heavy atom. The highest BCUT2D eigenvalue weighted by Crippen LogP contribution is 2.08. The molecule has 2 aromatic heterocycles. The van der Waals surface area contributed by atoms with Crippen molar-refractivity contribution in [1.29, 1.82) is 0 Å². The van der Waals surface area contributed by atoms with E-state index in [1.54, 1.807) is 12.2 Å². The largest absolute Gasteiger partial charge is 0.462 e. The molecule has 0 spiro atoms. The van der Waals surface area contributed by atoms with Crippen LogP contribution in [0.5, 0.6) is 0 Å². The molecule has 2 N–H and O–H groups in total. The molecule has 0 aliphatic carbocycles. The SMILES string of the molecule is Cc1ccc(/C=C/C(=O)NCCCCCCCNC(=O)/C=C/c2ccc(C)o2)o1. The van der Waals surface area contributed by atoms with Crippen LogP contribution in [-0.4, -0.2) is 24.9 Å². The van der Waals surface area contributed by atoms with Gasteiger partial charge >= 0.3 is 0 Å². The number of carbonyl (C=O) groups excluding carboxylic acids is 2. The minimum Gasteiger partial charge on any atom is -0.462 e. The molecular weight excluding hydrogens is 368 g/mol. The number of hydrogen-bond donors (Lipinski definition) is 2. The van der Waals surface area contributed by atoms with Gasteiger partial charge in [0, 0.05) is 25.2 Å². The number of nitrogens with one attached hydrogen (secondary N) is 2. The third-order valence-electron chi connectivity index (χ3n) is 4.27. The highest BCUT2D eigenvalue weighted by molar-refractivity contribution is 5.91. The number of unbranched alkanes of at least 4 members (excludes halogenated alkanes) is 4. The van der Waals surface area contributed by atoms with Crippen molar-refractivity contribution in [2.75, 3.05) is 13.1 Å². The second-order valence-corrected chi connectivity index (χ2v) is 6.91. The van der Waals surface area contributed by atoms with Gasteiger partial charge in [-0.25, -0.2) is 0 Å². The summed E-state index contributed by atoms with van der Waals surface area (Å²) in [6.07, 6.45) is 11.4. The number of rotatable bonds is 12. The van der Waals surface area contributed by atoms with Crippen LogP contribution in [0.3, 0.4) is 0 Å². The van der Waals surface area contributed by atoms with E-state index in [1.165, 1.54) is 12.2 Å². The number of amides is 2. The van der Waals surface area contributed by atoms with Crippen LogP contribution < -0.4 is 10.6 Å². The van der Waals surface area contributed by atoms with Crippen molar-refractivity contribution in [2.45, 2.75) is 46.0 Å². The average molecular weight is 399 g/mol. The molecule has 0 saturated heterocycles. The fraction of sp³-hybridized carbons (Fsp3) is 0.391. The van der Waals surface area contributed by atoms with Crippen molar-refractivity contribution in [3.05, 3.63) is 59.5 Å². The van der Waals surface area contributed by atoms with E-state index in [9.17, 15) is 9.59 Å². The first kappa shape index (κ1) is 22.3. The van der Waals surface area contributed by atoms with Gasteiger partial charge in [0.05, 0.1) is 0 Å². The Bertz CT molecular complexity index is 761. The number of hydrogen-bond acceptors (Lipinski definition) is 4. The van der Waals surface area contributed by atoms with E-state index in [-0.39, 0.29) is 11.8 Å². The molecular formula is C23H30N2O4. The van der Waals surface area contributed by atoms with Gasteiger partial charge in [0.15, 0.2) is 0 Å². The first-order valence-electron chi connectivity index (χ1n) is 10.1. The quantitative estimate of drug-likeness (QED) is 0.410. The highest BCUT2D eigenvalue weighted by atomic mass is 16.3. The molecule has 6 heteroatoms. The van der Waals surface area contributed by atoms with Crippen molar-refractivity contribution in [2.24, 2.45) is 0 Å². The van der Waals surface area contributed by atoms with Gasteiger partial charge in [0.2, 0.25) is 11.8 Å². The summed E-state index contributed by atoms with van der Waals surface area (Å²) >= 11 is 0. The zero-order valence-corrected chi connectivity index (χ0v) is 17.2. The smallest absolute Gasteiger partial charge is 0.244 e. The number of aryl methyl sites for hydroxylation is 2. The Morgan fingerprint density at radius 1 is 0.724 bits per heavy atom. The first-order chi connectivity index (χ1) is 14.0. The molecule has 156 valence electrons. The Morgan fingerprint density at radius 2 is 1.14 bits per heavy atom. The number of furan rings is 2. The predicted molar refractivity (Wildman–Crippen MR) is 114 cm³/mol. The fourth-order valence-corrected chi connectivity index (χ4v) is 2.72. The van der Waals surface area contributed by atoms with Crippen LogP contribution in [0.1, 0.15) is 55.1 Å². The van der Waals surface area contributed by atoms with Crippen LogP contribution in [0.15, 0.2) is 45.3 Å². The van der Waals surface area contributed by atoms with Crippen LogP contribution in [0.4, 0.5) is 0 Å². The summed E-state index contributed by atoms with van der Waals surface area (Å²) in [6.45, 7) is 5.06. The summed E-state index contributed by atoms with van der Waals surface area (Å²) in [7, 11) is 0. The molecule has 0 atom stereocenters. The summed E-state index contributed by atoms with van der Waals surface area (Å²) in [6, 6.07) is 7.39. The summed E-state index contributed by atoms with van der Waals surface area (Å²) in [4.78, 5) is 23.4. The molecule has 0 fully saturated rings. The Balaban J connectivity index is 1.43. The lowest BCUT2D eigenvalue weighted by atomic mass is 10.1. The maximum absolute atomic E-state index is 11.7. The molecule has 6 nitrogen and oxygen atoms in total. The van der Waals surface area contributed by atoms with Crippen LogP contribution in [-0.2, 0) is 9.59 Å². The molecule has 0 aliphatic heterocycles. The van der Waals surface area contributed by atoms with Crippen LogP contribution in [0, 0.1) is 13.8 Å². The molecule has 2 amide bonds. The molecule has 2 aromatic rings. The predicted octanol–water partition coefficient (Wildman–Crippen LogP) is 4.40. The molecule has 2 heterocycles. The van der Waals surface area contributed by atoms with Gasteiger partial charge in [-0.1, -0.05) is 19.3 Å². The van der Waals surface area contributed by atoms with Gasteiger partial charge in [-0.3, -0.25) is 9.59 Å². The van der Waals surface area contributed by atoms with E-state index in [4.69, 9.17) is 8.83 Å². The van der Waals surface area contributed by atoms with E-state index < -0.39 is 0 Å². The molecule has 0 aliphatic rings. The molecule has 0 aromatic carbocycles. The lowest BCUT2D eigenvalue weighted by Gasteiger charge is -2.04. The molecule has 0 radical (unpaired) electrons. The third kappa shape index (κ3) is 9.65. The first-order valence-corrected chi connectivity index (χ1v) is 10.1. The lowest BCUT2D eigenvalue weighted by molar-refractivity contribution is -0.117. The minimum atomic E-state index is -0.112. The van der Waals surface area contributed by atoms with E-state index >= 15 is 0 Å². The normalized spacial score (nSPS) is 11.4. The Labute approximate surface area is 172 Å². The zero-order chi connectivity index (χ0) is 20.9. The van der Waals surface area contributed by atoms with Crippen LogP contribution in [0.25, 0.3) is 12.2 Å². The molecule has 2 rings (SSSR count). The van der Waals surface area contributed by atoms with Crippen molar-refractivity contribution >= 4 is 24.0 Å². The summed E-state index contributed by atoms with van der Waals surface area (Å²) in [5.74, 6) is 2.78. The minimum absolute atomic E-state index is 0.112. The van der Waals surface area contributed by atoms with E-state index in [0.29, 0.717) is 24.6 Å². The summed E-state index contributed by atoms with van der Waals surface area (Å²) < 4.78 is 10.7. The molecule has 0 unspecified atom stereocenters. The van der Waals surface area contributed by atoms with Crippen LogP contribution >= 0.6 is 0 Å². The van der Waals surface area contributed by atoms with Crippen molar-refractivity contribution in [3.8, 4) is 0 Å². The second-order valence-electron chi connectivity index (χ2n) is 6.91. The van der Waals surface area contributed by atoms with Gasteiger partial charge in [-0.15, -0.1) is 0 Å². The van der Waals surface area contributed by atoms with Gasteiger partial charge in [-0.2, -0.15) is 0 Å². The fourth-order valence-electron chi connectivity index (χ4n) is 2.72. The van der Waals surface area contributed by atoms with E-state index in [1.807, 2.05) is 38.1 Å². The summed E-state index contributed by atoms with van der Waals surface area (Å²) in [5, 5.41) is 5.73. The van der Waals surface area contributed by atoms with E-state index in [2.05, 4.69) is 10.6 Å². The summed E-state index contributed by atoms with van der Waals surface area (Å²) in [5.41, 5.74) is 0. The van der Waals surface area contributed by atoms with Crippen molar-refractivity contribution in [1.82, 2.24) is 10.6 Å². The van der Waals surface area contributed by atoms with Crippen LogP contribution in [0.2, 0.25) is 0 Å². The monoisotopic (exact) mass is 398 g/mol. The van der Waals surface area contributed by atoms with Gasteiger partial charge in [-0.05, 0) is 63.1 Å². The Hall–Kier alpha value is -3.02. The van der Waals surface area contributed by atoms with Crippen molar-refractivity contribution in [3.63, 3.8) is 0 Å². The topological polar surface area (TPSA) is 84.5 Å². The molecule has 0 saturated carbocycles. The maximum Gasteiger partial charge on any atom is 0.244 e. The van der Waals surface area contributed by atoms with E-state index in [0.717, 1.165) is 43.6 Å². The standard InChI is InChI=1S/C23H30N2O4/c1-18-8-10-20(28-18)12-14-22(26)24-16-6-4-3-5-7-17-25-23(27)15-13-21-11-9-19(2)29-21/h8-15H,3-7,16-17H2,1-2H3,(H,24,26)(H,25,27)/b14-12+,15-13+. The maximum atomic E-state index is 11.7. The van der Waals surface area contributed by atoms with Gasteiger partial charge in [0.25, 0.3) is 0 Å². The second kappa shape index (κ2) is 12.4. The van der Waals surface area contributed by atoms with Crippen molar-refractivity contribution < 1.29 is 18.4 Å². The molecule has 29 heavy (non-hydrogen) atoms. The third-order valence-corrected chi connectivity index (χ3v) is 4.27. The number of carbonyl (C=O) groups is 2. The lowest BCUT2D eigenvalue weighted by Crippen LogP contribution is -2.22. The molecule has 0 bridgehead atoms. The zero-order valence-electron chi connectivity index (χ0n) is 17.2. The Kier molecular flexibility index (Phi) is 9.55. The average Bonchev–Trinajstić information content (AvgIpc) is 3.31.